The maximum absolute atomic E-state index is 11.3. The number of hydrogen-bond acceptors (Lipinski definition) is 3. The highest BCUT2D eigenvalue weighted by atomic mass is 16.4. The lowest BCUT2D eigenvalue weighted by atomic mass is 9.75. The predicted octanol–water partition coefficient (Wildman–Crippen LogP) is -0.153. The summed E-state index contributed by atoms with van der Waals surface area (Å²) >= 11 is 0. The molecule has 1 aliphatic carbocycles. The molecule has 4 N–H and O–H groups in total. The molecule has 1 atom stereocenters. The largest absolute Gasteiger partial charge is 0.480 e. The molecule has 0 aromatic heterocycles. The molecular formula is C9H16N2O3. The maximum Gasteiger partial charge on any atom is 0.325 e. The van der Waals surface area contributed by atoms with Crippen LogP contribution in [0.15, 0.2) is 0 Å². The number of amides is 1. The van der Waals surface area contributed by atoms with Crippen LogP contribution in [0.1, 0.15) is 32.6 Å². The summed E-state index contributed by atoms with van der Waals surface area (Å²) in [4.78, 5) is 21.7. The van der Waals surface area contributed by atoms with Gasteiger partial charge in [0.15, 0.2) is 0 Å². The first kappa shape index (κ1) is 11.0. The molecule has 0 spiro atoms. The van der Waals surface area contributed by atoms with E-state index in [0.29, 0.717) is 0 Å². The molecule has 0 aromatic rings. The van der Waals surface area contributed by atoms with Gasteiger partial charge in [-0.2, -0.15) is 0 Å². The van der Waals surface area contributed by atoms with E-state index >= 15 is 0 Å². The number of carboxylic acids is 1. The van der Waals surface area contributed by atoms with Crippen molar-refractivity contribution < 1.29 is 14.7 Å². The van der Waals surface area contributed by atoms with Crippen LogP contribution in [0, 0.1) is 0 Å². The highest BCUT2D eigenvalue weighted by molar-refractivity contribution is 5.83. The Hall–Kier alpha value is -1.10. The van der Waals surface area contributed by atoms with Crippen LogP contribution in [0.3, 0.4) is 0 Å². The molecule has 14 heavy (non-hydrogen) atoms. The summed E-state index contributed by atoms with van der Waals surface area (Å²) < 4.78 is 0. The van der Waals surface area contributed by atoms with Crippen molar-refractivity contribution in [3.05, 3.63) is 0 Å². The number of nitrogens with one attached hydrogen (secondary N) is 1. The van der Waals surface area contributed by atoms with Crippen molar-refractivity contribution in [1.29, 1.82) is 0 Å². The topological polar surface area (TPSA) is 92.4 Å². The van der Waals surface area contributed by atoms with E-state index in [2.05, 4.69) is 5.32 Å². The fourth-order valence-electron chi connectivity index (χ4n) is 1.48. The van der Waals surface area contributed by atoms with Gasteiger partial charge in [0, 0.05) is 12.0 Å². The summed E-state index contributed by atoms with van der Waals surface area (Å²) in [6.45, 7) is 1.43. The molecule has 0 aliphatic heterocycles. The lowest BCUT2D eigenvalue weighted by Crippen LogP contribution is -2.51. The quantitative estimate of drug-likeness (QED) is 0.588. The average molecular weight is 200 g/mol. The zero-order valence-electron chi connectivity index (χ0n) is 8.25. The van der Waals surface area contributed by atoms with Crippen LogP contribution in [0.2, 0.25) is 0 Å². The average Bonchev–Trinajstić information content (AvgIpc) is 2.00. The second-order valence-electron chi connectivity index (χ2n) is 4.02. The number of nitrogens with two attached hydrogens (primary N) is 1. The standard InChI is InChI=1S/C9H16N2O3/c1-6(8(13)14)11-7(12)5-9(10)3-2-4-9/h6H,2-5,10H2,1H3,(H,11,12)(H,13,14)/t6-/m0/s1. The Bertz CT molecular complexity index is 248. The van der Waals surface area contributed by atoms with Gasteiger partial charge < -0.3 is 16.2 Å². The van der Waals surface area contributed by atoms with Crippen molar-refractivity contribution in [3.8, 4) is 0 Å². The Morgan fingerprint density at radius 1 is 1.57 bits per heavy atom. The SMILES string of the molecule is C[C@H](NC(=O)CC1(N)CCC1)C(=O)O. The molecule has 1 saturated carbocycles. The van der Waals surface area contributed by atoms with Gasteiger partial charge in [0.1, 0.15) is 6.04 Å². The van der Waals surface area contributed by atoms with Crippen molar-refractivity contribution in [3.63, 3.8) is 0 Å². The molecule has 1 amide bonds. The van der Waals surface area contributed by atoms with Crippen molar-refractivity contribution >= 4 is 11.9 Å². The Balaban J connectivity index is 2.32. The van der Waals surface area contributed by atoms with Crippen molar-refractivity contribution in [2.45, 2.75) is 44.2 Å². The summed E-state index contributed by atoms with van der Waals surface area (Å²) in [7, 11) is 0. The summed E-state index contributed by atoms with van der Waals surface area (Å²) in [6, 6.07) is -0.842. The molecule has 5 heteroatoms. The molecule has 0 unspecified atom stereocenters. The predicted molar refractivity (Wildman–Crippen MR) is 50.6 cm³/mol. The van der Waals surface area contributed by atoms with Crippen LogP contribution < -0.4 is 11.1 Å². The van der Waals surface area contributed by atoms with E-state index in [-0.39, 0.29) is 17.9 Å². The Morgan fingerprint density at radius 3 is 2.50 bits per heavy atom. The Morgan fingerprint density at radius 2 is 2.14 bits per heavy atom. The van der Waals surface area contributed by atoms with E-state index in [4.69, 9.17) is 10.8 Å². The molecule has 0 radical (unpaired) electrons. The van der Waals surface area contributed by atoms with Gasteiger partial charge in [-0.25, -0.2) is 0 Å². The van der Waals surface area contributed by atoms with Crippen LogP contribution in [0.4, 0.5) is 0 Å². The van der Waals surface area contributed by atoms with Gasteiger partial charge in [0.25, 0.3) is 0 Å². The first-order valence-electron chi connectivity index (χ1n) is 4.74. The molecule has 1 fully saturated rings. The normalized spacial score (nSPS) is 20.7. The molecule has 0 heterocycles. The second kappa shape index (κ2) is 3.96. The van der Waals surface area contributed by atoms with Crippen LogP contribution in [0.5, 0.6) is 0 Å². The lowest BCUT2D eigenvalue weighted by molar-refractivity contribution is -0.141. The van der Waals surface area contributed by atoms with E-state index in [1.807, 2.05) is 0 Å². The summed E-state index contributed by atoms with van der Waals surface area (Å²) in [5.74, 6) is -1.31. The van der Waals surface area contributed by atoms with Crippen molar-refractivity contribution in [1.82, 2.24) is 5.32 Å². The van der Waals surface area contributed by atoms with E-state index in [1.165, 1.54) is 6.92 Å². The highest BCUT2D eigenvalue weighted by Crippen LogP contribution is 2.31. The van der Waals surface area contributed by atoms with Crippen molar-refractivity contribution in [2.75, 3.05) is 0 Å². The summed E-state index contributed by atoms with van der Waals surface area (Å²) in [5.41, 5.74) is 5.46. The smallest absolute Gasteiger partial charge is 0.325 e. The zero-order chi connectivity index (χ0) is 10.8. The first-order valence-corrected chi connectivity index (χ1v) is 4.74. The molecule has 0 bridgehead atoms. The number of rotatable bonds is 4. The minimum Gasteiger partial charge on any atom is -0.480 e. The lowest BCUT2D eigenvalue weighted by Gasteiger charge is -2.37. The first-order chi connectivity index (χ1) is 6.43. The third-order valence-corrected chi connectivity index (χ3v) is 2.61. The van der Waals surface area contributed by atoms with Crippen molar-refractivity contribution in [2.24, 2.45) is 5.73 Å². The van der Waals surface area contributed by atoms with E-state index in [1.54, 1.807) is 0 Å². The molecular weight excluding hydrogens is 184 g/mol. The number of carbonyl (C=O) groups excluding carboxylic acids is 1. The van der Waals surface area contributed by atoms with Crippen LogP contribution in [-0.2, 0) is 9.59 Å². The third-order valence-electron chi connectivity index (χ3n) is 2.61. The van der Waals surface area contributed by atoms with E-state index in [9.17, 15) is 9.59 Å². The molecule has 0 saturated heterocycles. The number of hydrogen-bond donors (Lipinski definition) is 3. The third kappa shape index (κ3) is 2.70. The second-order valence-corrected chi connectivity index (χ2v) is 4.02. The summed E-state index contributed by atoms with van der Waals surface area (Å²) in [6.07, 6.45) is 2.98. The van der Waals surface area contributed by atoms with Crippen LogP contribution >= 0.6 is 0 Å². The monoisotopic (exact) mass is 200 g/mol. The zero-order valence-corrected chi connectivity index (χ0v) is 8.25. The van der Waals surface area contributed by atoms with E-state index < -0.39 is 12.0 Å². The molecule has 0 aromatic carbocycles. The van der Waals surface area contributed by atoms with E-state index in [0.717, 1.165) is 19.3 Å². The molecule has 1 aliphatic rings. The molecule has 5 nitrogen and oxygen atoms in total. The van der Waals surface area contributed by atoms with Gasteiger partial charge in [-0.1, -0.05) is 0 Å². The van der Waals surface area contributed by atoms with Gasteiger partial charge in [-0.3, -0.25) is 9.59 Å². The van der Waals surface area contributed by atoms with Gasteiger partial charge in [-0.15, -0.1) is 0 Å². The Labute approximate surface area is 82.7 Å². The van der Waals surface area contributed by atoms with Gasteiger partial charge in [-0.05, 0) is 26.2 Å². The van der Waals surface area contributed by atoms with Crippen LogP contribution in [-0.4, -0.2) is 28.6 Å². The Kier molecular flexibility index (Phi) is 3.10. The number of carbonyl (C=O) groups is 2. The van der Waals surface area contributed by atoms with Gasteiger partial charge >= 0.3 is 5.97 Å². The fourth-order valence-corrected chi connectivity index (χ4v) is 1.48. The minimum atomic E-state index is -1.03. The molecule has 80 valence electrons. The van der Waals surface area contributed by atoms with Crippen LogP contribution in [0.25, 0.3) is 0 Å². The van der Waals surface area contributed by atoms with Gasteiger partial charge in [0.05, 0.1) is 0 Å². The number of carboxylic acid groups (broad SMARTS) is 1. The van der Waals surface area contributed by atoms with Gasteiger partial charge in [0.2, 0.25) is 5.91 Å². The maximum atomic E-state index is 11.3. The fraction of sp³-hybridized carbons (Fsp3) is 0.778. The summed E-state index contributed by atoms with van der Waals surface area (Å²) in [5, 5.41) is 10.9. The minimum absolute atomic E-state index is 0.227. The molecule has 1 rings (SSSR count). The number of aliphatic carboxylic acids is 1. The highest BCUT2D eigenvalue weighted by Gasteiger charge is 2.35.